The summed E-state index contributed by atoms with van der Waals surface area (Å²) in [7, 11) is 0. The zero-order chi connectivity index (χ0) is 20.2. The van der Waals surface area contributed by atoms with Gasteiger partial charge < -0.3 is 15.1 Å². The van der Waals surface area contributed by atoms with Crippen LogP contribution in [0, 0.1) is 23.2 Å². The second-order valence-electron chi connectivity index (χ2n) is 9.95. The van der Waals surface area contributed by atoms with Crippen molar-refractivity contribution in [3.05, 3.63) is 10.6 Å². The first-order chi connectivity index (χ1) is 14.0. The van der Waals surface area contributed by atoms with E-state index in [1.165, 1.54) is 17.7 Å². The summed E-state index contributed by atoms with van der Waals surface area (Å²) in [5.41, 5.74) is 0.981. The van der Waals surface area contributed by atoms with Gasteiger partial charge in [0.2, 0.25) is 5.91 Å². The summed E-state index contributed by atoms with van der Waals surface area (Å²) < 4.78 is 0. The molecule has 29 heavy (non-hydrogen) atoms. The minimum atomic E-state index is -0.480. The summed E-state index contributed by atoms with van der Waals surface area (Å²) in [5.74, 6) is -0.202. The number of aromatic nitrogens is 1. The first kappa shape index (κ1) is 19.3. The fourth-order valence-electron chi connectivity index (χ4n) is 5.96. The summed E-state index contributed by atoms with van der Waals surface area (Å²) >= 11 is 1.77. The lowest BCUT2D eigenvalue weighted by Crippen LogP contribution is -2.52. The number of rotatable bonds is 3. The Labute approximate surface area is 177 Å². The number of piperazine rings is 1. The standard InChI is InChI=1S/C22H31N5OS/c1-22(2)13-26(20(28)17(9-23)14-5-3-4-6-14)12-18-19(22)25-21(29-18)27-15-7-8-16(27)11-24-10-15/h14-17,24H,3-8,10-13H2,1-2H3. The Morgan fingerprint density at radius 3 is 2.59 bits per heavy atom. The van der Waals surface area contributed by atoms with Crippen LogP contribution in [-0.4, -0.2) is 47.5 Å². The molecular weight excluding hydrogens is 382 g/mol. The molecule has 4 aliphatic rings. The molecule has 156 valence electrons. The van der Waals surface area contributed by atoms with Crippen LogP contribution in [0.2, 0.25) is 0 Å². The van der Waals surface area contributed by atoms with Crippen LogP contribution in [0.4, 0.5) is 5.13 Å². The minimum Gasteiger partial charge on any atom is -0.340 e. The van der Waals surface area contributed by atoms with E-state index in [9.17, 15) is 10.1 Å². The predicted octanol–water partition coefficient (Wildman–Crippen LogP) is 3.03. The van der Waals surface area contributed by atoms with Crippen LogP contribution in [0.15, 0.2) is 0 Å². The topological polar surface area (TPSA) is 72.3 Å². The van der Waals surface area contributed by atoms with Gasteiger partial charge in [-0.2, -0.15) is 5.26 Å². The molecule has 3 atom stereocenters. The van der Waals surface area contributed by atoms with Gasteiger partial charge in [0, 0.05) is 42.0 Å². The first-order valence-electron chi connectivity index (χ1n) is 11.2. The summed E-state index contributed by atoms with van der Waals surface area (Å²) in [5, 5.41) is 14.4. The lowest BCUT2D eigenvalue weighted by molar-refractivity contribution is -0.137. The third-order valence-corrected chi connectivity index (χ3v) is 8.49. The molecule has 3 fully saturated rings. The van der Waals surface area contributed by atoms with Gasteiger partial charge in [-0.3, -0.25) is 4.79 Å². The van der Waals surface area contributed by atoms with Gasteiger partial charge in [-0.15, -0.1) is 0 Å². The van der Waals surface area contributed by atoms with Crippen molar-refractivity contribution in [1.82, 2.24) is 15.2 Å². The minimum absolute atomic E-state index is 0.0373. The second kappa shape index (κ2) is 7.24. The fraction of sp³-hybridized carbons (Fsp3) is 0.773. The number of fused-ring (bicyclic) bond motifs is 3. The van der Waals surface area contributed by atoms with E-state index in [1.54, 1.807) is 11.3 Å². The first-order valence-corrected chi connectivity index (χ1v) is 12.0. The molecule has 3 aliphatic heterocycles. The number of amides is 1. The molecule has 1 amide bonds. The highest BCUT2D eigenvalue weighted by atomic mass is 32.1. The Morgan fingerprint density at radius 2 is 1.93 bits per heavy atom. The number of nitrogens with zero attached hydrogens (tertiary/aromatic N) is 4. The quantitative estimate of drug-likeness (QED) is 0.825. The van der Waals surface area contributed by atoms with Gasteiger partial charge >= 0.3 is 0 Å². The lowest BCUT2D eigenvalue weighted by atomic mass is 9.83. The molecule has 1 aliphatic carbocycles. The van der Waals surface area contributed by atoms with Gasteiger partial charge in [0.25, 0.3) is 0 Å². The molecule has 2 saturated heterocycles. The molecule has 4 heterocycles. The highest BCUT2D eigenvalue weighted by Crippen LogP contribution is 2.43. The molecule has 6 nitrogen and oxygen atoms in total. The van der Waals surface area contributed by atoms with Crippen LogP contribution in [0.5, 0.6) is 0 Å². The van der Waals surface area contributed by atoms with E-state index in [1.807, 2.05) is 4.90 Å². The normalized spacial score (nSPS) is 29.6. The molecule has 0 radical (unpaired) electrons. The average molecular weight is 414 g/mol. The van der Waals surface area contributed by atoms with Crippen molar-refractivity contribution in [3.8, 4) is 6.07 Å². The van der Waals surface area contributed by atoms with Gasteiger partial charge in [0.1, 0.15) is 5.92 Å². The van der Waals surface area contributed by atoms with Crippen molar-refractivity contribution in [2.24, 2.45) is 11.8 Å². The van der Waals surface area contributed by atoms with Gasteiger partial charge in [0.15, 0.2) is 5.13 Å². The van der Waals surface area contributed by atoms with E-state index < -0.39 is 5.92 Å². The Bertz CT molecular complexity index is 821. The summed E-state index contributed by atoms with van der Waals surface area (Å²) in [6.07, 6.45) is 6.81. The molecule has 1 saturated carbocycles. The molecule has 7 heteroatoms. The molecule has 3 unspecified atom stereocenters. The molecular formula is C22H31N5OS. The van der Waals surface area contributed by atoms with Crippen LogP contribution < -0.4 is 10.2 Å². The Hall–Kier alpha value is -1.65. The Balaban J connectivity index is 1.40. The van der Waals surface area contributed by atoms with Gasteiger partial charge in [-0.1, -0.05) is 38.0 Å². The monoisotopic (exact) mass is 413 g/mol. The molecule has 5 rings (SSSR count). The Kier molecular flexibility index (Phi) is 4.83. The fourth-order valence-corrected chi connectivity index (χ4v) is 7.36. The number of nitriles is 1. The summed E-state index contributed by atoms with van der Waals surface area (Å²) in [6, 6.07) is 3.45. The average Bonchev–Trinajstić information content (AvgIpc) is 3.40. The van der Waals surface area contributed by atoms with E-state index >= 15 is 0 Å². The van der Waals surface area contributed by atoms with Gasteiger partial charge in [-0.25, -0.2) is 4.98 Å². The van der Waals surface area contributed by atoms with E-state index in [4.69, 9.17) is 4.98 Å². The maximum Gasteiger partial charge on any atom is 0.240 e. The second-order valence-corrected chi connectivity index (χ2v) is 11.0. The highest BCUT2D eigenvalue weighted by molar-refractivity contribution is 7.15. The van der Waals surface area contributed by atoms with Crippen molar-refractivity contribution in [2.45, 2.75) is 76.4 Å². The lowest BCUT2D eigenvalue weighted by Gasteiger charge is -2.38. The molecule has 1 aromatic heterocycles. The number of thiazole rings is 1. The van der Waals surface area contributed by atoms with E-state index in [0.29, 0.717) is 25.2 Å². The smallest absolute Gasteiger partial charge is 0.240 e. The van der Waals surface area contributed by atoms with Crippen molar-refractivity contribution in [1.29, 1.82) is 5.26 Å². The predicted molar refractivity (Wildman–Crippen MR) is 114 cm³/mol. The van der Waals surface area contributed by atoms with E-state index in [2.05, 4.69) is 30.1 Å². The molecule has 1 aromatic rings. The number of carbonyl (C=O) groups is 1. The van der Waals surface area contributed by atoms with Crippen LogP contribution in [0.1, 0.15) is 62.9 Å². The number of carbonyl (C=O) groups excluding carboxylic acids is 1. The molecule has 0 aromatic carbocycles. The van der Waals surface area contributed by atoms with Crippen molar-refractivity contribution < 1.29 is 4.79 Å². The van der Waals surface area contributed by atoms with Crippen LogP contribution in [-0.2, 0) is 16.8 Å². The van der Waals surface area contributed by atoms with E-state index in [0.717, 1.165) is 49.6 Å². The third kappa shape index (κ3) is 3.25. The summed E-state index contributed by atoms with van der Waals surface area (Å²) in [4.78, 5) is 24.1. The SMILES string of the molecule is CC1(C)CN(C(=O)C(C#N)C2CCCC2)Cc2sc(N3C4CCC3CNC4)nc21. The van der Waals surface area contributed by atoms with Crippen LogP contribution in [0.3, 0.4) is 0 Å². The van der Waals surface area contributed by atoms with Gasteiger partial charge in [-0.05, 0) is 31.6 Å². The molecule has 0 spiro atoms. The zero-order valence-electron chi connectivity index (χ0n) is 17.5. The van der Waals surface area contributed by atoms with E-state index in [-0.39, 0.29) is 17.2 Å². The molecule has 2 bridgehead atoms. The van der Waals surface area contributed by atoms with Crippen molar-refractivity contribution in [3.63, 3.8) is 0 Å². The number of nitrogens with one attached hydrogen (secondary N) is 1. The van der Waals surface area contributed by atoms with Crippen molar-refractivity contribution in [2.75, 3.05) is 24.5 Å². The molecule has 1 N–H and O–H groups in total. The van der Waals surface area contributed by atoms with Crippen molar-refractivity contribution >= 4 is 22.4 Å². The number of anilines is 1. The largest absolute Gasteiger partial charge is 0.340 e. The highest BCUT2D eigenvalue weighted by Gasteiger charge is 2.43. The number of hydrogen-bond donors (Lipinski definition) is 1. The van der Waals surface area contributed by atoms with Gasteiger partial charge in [0.05, 0.1) is 18.3 Å². The zero-order valence-corrected chi connectivity index (χ0v) is 18.3. The third-order valence-electron chi connectivity index (χ3n) is 7.44. The Morgan fingerprint density at radius 1 is 1.24 bits per heavy atom. The number of hydrogen-bond acceptors (Lipinski definition) is 6. The maximum absolute atomic E-state index is 13.3. The summed E-state index contributed by atoms with van der Waals surface area (Å²) in [6.45, 7) is 7.74. The van der Waals surface area contributed by atoms with Crippen LogP contribution in [0.25, 0.3) is 0 Å². The van der Waals surface area contributed by atoms with Crippen LogP contribution >= 0.6 is 11.3 Å². The maximum atomic E-state index is 13.3.